The van der Waals surface area contributed by atoms with E-state index in [1.165, 1.54) is 12.1 Å². The Morgan fingerprint density at radius 1 is 1.53 bits per heavy atom. The molecule has 5 heteroatoms. The van der Waals surface area contributed by atoms with Gasteiger partial charge in [-0.1, -0.05) is 27.5 Å². The number of alkyl halides is 1. The van der Waals surface area contributed by atoms with Crippen LogP contribution in [0.2, 0.25) is 5.02 Å². The zero-order chi connectivity index (χ0) is 12.3. The fourth-order valence-corrected chi connectivity index (χ4v) is 2.49. The third-order valence-corrected chi connectivity index (χ3v) is 3.89. The van der Waals surface area contributed by atoms with Gasteiger partial charge in [0, 0.05) is 30.0 Å². The highest BCUT2D eigenvalue weighted by atomic mass is 79.9. The minimum atomic E-state index is -0.241. The van der Waals surface area contributed by atoms with Crippen molar-refractivity contribution < 1.29 is 9.13 Å². The molecule has 2 rings (SSSR count). The van der Waals surface area contributed by atoms with Crippen LogP contribution in [0.1, 0.15) is 5.56 Å². The Balaban J connectivity index is 2.02. The van der Waals surface area contributed by atoms with E-state index in [-0.39, 0.29) is 11.9 Å². The second kappa shape index (κ2) is 6.14. The largest absolute Gasteiger partial charge is 0.375 e. The number of ether oxygens (including phenoxy) is 1. The number of morpholine rings is 1. The lowest BCUT2D eigenvalue weighted by Crippen LogP contribution is -2.42. The van der Waals surface area contributed by atoms with Gasteiger partial charge in [-0.05, 0) is 23.8 Å². The molecule has 2 nitrogen and oxygen atoms in total. The van der Waals surface area contributed by atoms with Crippen LogP contribution in [0.3, 0.4) is 0 Å². The monoisotopic (exact) mass is 321 g/mol. The summed E-state index contributed by atoms with van der Waals surface area (Å²) in [6.45, 7) is 3.08. The van der Waals surface area contributed by atoms with Gasteiger partial charge in [-0.2, -0.15) is 0 Å². The molecule has 1 fully saturated rings. The summed E-state index contributed by atoms with van der Waals surface area (Å²) in [7, 11) is 0. The second-order valence-electron chi connectivity index (χ2n) is 4.12. The van der Waals surface area contributed by atoms with E-state index in [1.54, 1.807) is 6.07 Å². The van der Waals surface area contributed by atoms with Gasteiger partial charge >= 0.3 is 0 Å². The summed E-state index contributed by atoms with van der Waals surface area (Å²) >= 11 is 9.46. The van der Waals surface area contributed by atoms with Crippen LogP contribution in [-0.2, 0) is 11.3 Å². The van der Waals surface area contributed by atoms with E-state index in [1.807, 2.05) is 0 Å². The summed E-state index contributed by atoms with van der Waals surface area (Å²) in [5.74, 6) is -0.241. The van der Waals surface area contributed by atoms with Gasteiger partial charge in [0.15, 0.2) is 0 Å². The zero-order valence-electron chi connectivity index (χ0n) is 9.33. The van der Waals surface area contributed by atoms with Crippen LogP contribution in [0, 0.1) is 5.82 Å². The Morgan fingerprint density at radius 3 is 3.12 bits per heavy atom. The topological polar surface area (TPSA) is 12.5 Å². The molecule has 0 bridgehead atoms. The summed E-state index contributed by atoms with van der Waals surface area (Å²) in [5, 5.41) is 1.44. The van der Waals surface area contributed by atoms with Crippen LogP contribution < -0.4 is 0 Å². The molecule has 0 aromatic heterocycles. The van der Waals surface area contributed by atoms with Crippen LogP contribution in [0.5, 0.6) is 0 Å². The Hall–Kier alpha value is -0.160. The normalized spacial score (nSPS) is 21.7. The highest BCUT2D eigenvalue weighted by Gasteiger charge is 2.20. The number of benzene rings is 1. The molecule has 1 saturated heterocycles. The lowest BCUT2D eigenvalue weighted by atomic mass is 10.2. The minimum absolute atomic E-state index is 0.205. The predicted molar refractivity (Wildman–Crippen MR) is 70.2 cm³/mol. The molecule has 94 valence electrons. The molecule has 1 aliphatic rings. The van der Waals surface area contributed by atoms with Crippen molar-refractivity contribution in [3.05, 3.63) is 34.6 Å². The molecule has 0 aliphatic carbocycles. The van der Waals surface area contributed by atoms with Crippen molar-refractivity contribution in [2.45, 2.75) is 12.6 Å². The smallest absolute Gasteiger partial charge is 0.123 e. The number of hydrogen-bond donors (Lipinski definition) is 0. The van der Waals surface area contributed by atoms with E-state index in [4.69, 9.17) is 16.3 Å². The van der Waals surface area contributed by atoms with Crippen molar-refractivity contribution >= 4 is 27.5 Å². The first kappa shape index (κ1) is 13.3. The molecule has 0 amide bonds. The van der Waals surface area contributed by atoms with E-state index in [0.29, 0.717) is 18.2 Å². The van der Waals surface area contributed by atoms with Crippen molar-refractivity contribution in [3.63, 3.8) is 0 Å². The average molecular weight is 323 g/mol. The van der Waals surface area contributed by atoms with Crippen LogP contribution in [0.15, 0.2) is 18.2 Å². The molecular formula is C12H14BrClFNO. The lowest BCUT2D eigenvalue weighted by Gasteiger charge is -2.32. The van der Waals surface area contributed by atoms with Crippen LogP contribution in [-0.4, -0.2) is 36.0 Å². The molecule has 0 spiro atoms. The van der Waals surface area contributed by atoms with E-state index >= 15 is 0 Å². The Labute approximate surface area is 114 Å². The quantitative estimate of drug-likeness (QED) is 0.793. The molecule has 1 atom stereocenters. The number of halogens is 3. The molecule has 1 unspecified atom stereocenters. The lowest BCUT2D eigenvalue weighted by molar-refractivity contribution is -0.0181. The summed E-state index contributed by atoms with van der Waals surface area (Å²) in [6.07, 6.45) is 0.205. The molecule has 1 aromatic rings. The maximum absolute atomic E-state index is 13.1. The summed E-state index contributed by atoms with van der Waals surface area (Å²) < 4.78 is 18.7. The highest BCUT2D eigenvalue weighted by Crippen LogP contribution is 2.20. The standard InChI is InChI=1S/C12H14BrClFNO/c13-6-11-8-16(3-4-17-11)7-9-5-10(15)1-2-12(9)14/h1-2,5,11H,3-4,6-8H2. The SMILES string of the molecule is Fc1ccc(Cl)c(CN2CCOC(CBr)C2)c1. The highest BCUT2D eigenvalue weighted by molar-refractivity contribution is 9.09. The first-order chi connectivity index (χ1) is 8.19. The zero-order valence-corrected chi connectivity index (χ0v) is 11.7. The average Bonchev–Trinajstić information content (AvgIpc) is 2.34. The van der Waals surface area contributed by atoms with E-state index < -0.39 is 0 Å². The van der Waals surface area contributed by atoms with Crippen LogP contribution in [0.4, 0.5) is 4.39 Å². The van der Waals surface area contributed by atoms with Gasteiger partial charge in [0.05, 0.1) is 12.7 Å². The van der Waals surface area contributed by atoms with E-state index in [2.05, 4.69) is 20.8 Å². The van der Waals surface area contributed by atoms with Gasteiger partial charge in [0.1, 0.15) is 5.82 Å². The Morgan fingerprint density at radius 2 is 2.35 bits per heavy atom. The summed E-state index contributed by atoms with van der Waals surface area (Å²) in [5.41, 5.74) is 0.835. The van der Waals surface area contributed by atoms with Crippen molar-refractivity contribution in [2.24, 2.45) is 0 Å². The van der Waals surface area contributed by atoms with Crippen LogP contribution in [0.25, 0.3) is 0 Å². The molecule has 17 heavy (non-hydrogen) atoms. The maximum Gasteiger partial charge on any atom is 0.123 e. The molecule has 0 saturated carbocycles. The second-order valence-corrected chi connectivity index (χ2v) is 5.17. The third-order valence-electron chi connectivity index (χ3n) is 2.80. The summed E-state index contributed by atoms with van der Waals surface area (Å²) in [6, 6.07) is 4.49. The van der Waals surface area contributed by atoms with Crippen molar-refractivity contribution in [1.29, 1.82) is 0 Å². The molecule has 0 N–H and O–H groups in total. The first-order valence-electron chi connectivity index (χ1n) is 5.53. The van der Waals surface area contributed by atoms with Crippen molar-refractivity contribution in [3.8, 4) is 0 Å². The maximum atomic E-state index is 13.1. The molecular weight excluding hydrogens is 308 g/mol. The van der Waals surface area contributed by atoms with Crippen molar-refractivity contribution in [2.75, 3.05) is 25.0 Å². The van der Waals surface area contributed by atoms with Gasteiger partial charge in [-0.3, -0.25) is 4.90 Å². The van der Waals surface area contributed by atoms with E-state index in [0.717, 1.165) is 24.0 Å². The minimum Gasteiger partial charge on any atom is -0.375 e. The van der Waals surface area contributed by atoms with Gasteiger partial charge in [0.2, 0.25) is 0 Å². The van der Waals surface area contributed by atoms with E-state index in [9.17, 15) is 4.39 Å². The van der Waals surface area contributed by atoms with Gasteiger partial charge in [-0.25, -0.2) is 4.39 Å². The fourth-order valence-electron chi connectivity index (χ4n) is 1.92. The summed E-state index contributed by atoms with van der Waals surface area (Å²) in [4.78, 5) is 2.23. The first-order valence-corrected chi connectivity index (χ1v) is 7.03. The predicted octanol–water partition coefficient (Wildman–Crippen LogP) is 3.07. The van der Waals surface area contributed by atoms with Gasteiger partial charge < -0.3 is 4.74 Å². The molecule has 0 radical (unpaired) electrons. The van der Waals surface area contributed by atoms with Crippen LogP contribution >= 0.6 is 27.5 Å². The Kier molecular flexibility index (Phi) is 4.79. The number of hydrogen-bond acceptors (Lipinski definition) is 2. The molecule has 1 aromatic carbocycles. The van der Waals surface area contributed by atoms with Gasteiger partial charge in [-0.15, -0.1) is 0 Å². The van der Waals surface area contributed by atoms with Crippen molar-refractivity contribution in [1.82, 2.24) is 4.90 Å². The molecule has 1 aliphatic heterocycles. The third kappa shape index (κ3) is 3.65. The molecule has 1 heterocycles. The Bertz CT molecular complexity index is 391. The van der Waals surface area contributed by atoms with Gasteiger partial charge in [0.25, 0.3) is 0 Å². The number of rotatable bonds is 3. The fraction of sp³-hybridized carbons (Fsp3) is 0.500. The number of nitrogens with zero attached hydrogens (tertiary/aromatic N) is 1.